The van der Waals surface area contributed by atoms with Gasteiger partial charge in [0.1, 0.15) is 5.69 Å². The molecule has 0 aliphatic carbocycles. The molecule has 0 atom stereocenters. The molecular weight excluding hydrogens is 743 g/mol. The summed E-state index contributed by atoms with van der Waals surface area (Å²) < 4.78 is 2.11. The first-order valence-corrected chi connectivity index (χ1v) is 20.6. The molecule has 0 aliphatic heterocycles. The molecule has 5 heteroatoms. The molecule has 4 heterocycles. The molecule has 0 spiro atoms. The van der Waals surface area contributed by atoms with E-state index in [1.54, 1.807) is 0 Å². The topological polar surface area (TPSA) is 56.5 Å². The van der Waals surface area contributed by atoms with Gasteiger partial charge in [0.25, 0.3) is 0 Å². The zero-order valence-electron chi connectivity index (χ0n) is 32.9. The van der Waals surface area contributed by atoms with Gasteiger partial charge in [-0.05, 0) is 65.0 Å². The van der Waals surface area contributed by atoms with Gasteiger partial charge in [0.05, 0.1) is 44.8 Å². The van der Waals surface area contributed by atoms with Crippen LogP contribution < -0.4 is 0 Å². The standard InChI is InChI=1S/C56H35N5/c1-4-12-37(13-5-1)49-30-26-40-24-25-41-27-31-51(59-55(41)54(40)58-49)44-29-33-50-43(34-44)28-32-48(57-50)38-22-20-36(21-23-38)47-35-42-16-10-11-19-46(42)56-52(47)53(39-14-6-2-7-15-39)60-61(56)45-17-8-3-9-18-45/h1-35H. The molecule has 284 valence electrons. The Morgan fingerprint density at radius 3 is 1.57 bits per heavy atom. The van der Waals surface area contributed by atoms with Gasteiger partial charge in [0.2, 0.25) is 0 Å². The summed E-state index contributed by atoms with van der Waals surface area (Å²) >= 11 is 0. The highest BCUT2D eigenvalue weighted by atomic mass is 15.3. The number of benzene rings is 8. The molecule has 0 aliphatic rings. The summed E-state index contributed by atoms with van der Waals surface area (Å²) in [5, 5.41) is 12.0. The van der Waals surface area contributed by atoms with E-state index >= 15 is 0 Å². The Labute approximate surface area is 351 Å². The van der Waals surface area contributed by atoms with Crippen LogP contribution in [0.25, 0.3) is 116 Å². The van der Waals surface area contributed by atoms with Crippen molar-refractivity contribution in [1.29, 1.82) is 0 Å². The minimum absolute atomic E-state index is 0.899. The molecule has 0 radical (unpaired) electrons. The van der Waals surface area contributed by atoms with Crippen LogP contribution in [0.5, 0.6) is 0 Å². The lowest BCUT2D eigenvalue weighted by Gasteiger charge is -2.12. The van der Waals surface area contributed by atoms with Crippen molar-refractivity contribution in [2.24, 2.45) is 0 Å². The molecule has 0 saturated heterocycles. The molecule has 8 aromatic carbocycles. The third-order valence-electron chi connectivity index (χ3n) is 11.8. The number of para-hydroxylation sites is 1. The Hall–Kier alpha value is -8.28. The van der Waals surface area contributed by atoms with E-state index in [0.717, 1.165) is 105 Å². The first-order valence-electron chi connectivity index (χ1n) is 20.6. The second kappa shape index (κ2) is 14.2. The SMILES string of the molecule is c1ccc(-c2ccc3ccc4ccc(-c5ccc6nc(-c7ccc(-c8cc9ccccc9c9c8c(-c8ccccc8)nn9-c8ccccc8)cc7)ccc6c5)nc4c3n2)cc1. The van der Waals surface area contributed by atoms with E-state index in [-0.39, 0.29) is 0 Å². The van der Waals surface area contributed by atoms with Crippen molar-refractivity contribution in [2.45, 2.75) is 0 Å². The summed E-state index contributed by atoms with van der Waals surface area (Å²) in [5.74, 6) is 0. The Kier molecular flexibility index (Phi) is 8.10. The van der Waals surface area contributed by atoms with Crippen molar-refractivity contribution < 1.29 is 0 Å². The van der Waals surface area contributed by atoms with Crippen molar-refractivity contribution in [3.8, 4) is 61.8 Å². The fourth-order valence-electron chi connectivity index (χ4n) is 8.73. The smallest absolute Gasteiger partial charge is 0.101 e. The predicted molar refractivity (Wildman–Crippen MR) is 252 cm³/mol. The molecule has 12 rings (SSSR count). The van der Waals surface area contributed by atoms with Crippen LogP contribution in [0.3, 0.4) is 0 Å². The fraction of sp³-hybridized carbons (Fsp3) is 0. The van der Waals surface area contributed by atoms with E-state index in [4.69, 9.17) is 20.1 Å². The highest BCUT2D eigenvalue weighted by Gasteiger charge is 2.21. The summed E-state index contributed by atoms with van der Waals surface area (Å²) in [4.78, 5) is 15.4. The fourth-order valence-corrected chi connectivity index (χ4v) is 8.73. The van der Waals surface area contributed by atoms with Gasteiger partial charge in [-0.25, -0.2) is 19.6 Å². The normalized spacial score (nSPS) is 11.6. The molecule has 61 heavy (non-hydrogen) atoms. The van der Waals surface area contributed by atoms with E-state index in [1.165, 1.54) is 10.8 Å². The molecule has 0 fully saturated rings. The number of nitrogens with zero attached hydrogens (tertiary/aromatic N) is 5. The first-order chi connectivity index (χ1) is 30.2. The van der Waals surface area contributed by atoms with E-state index in [2.05, 4.69) is 193 Å². The van der Waals surface area contributed by atoms with Crippen LogP contribution in [-0.2, 0) is 0 Å². The number of aromatic nitrogens is 5. The van der Waals surface area contributed by atoms with Gasteiger partial charge in [-0.1, -0.05) is 164 Å². The van der Waals surface area contributed by atoms with Crippen LogP contribution in [0.4, 0.5) is 0 Å². The van der Waals surface area contributed by atoms with Crippen molar-refractivity contribution in [3.63, 3.8) is 0 Å². The van der Waals surface area contributed by atoms with Crippen molar-refractivity contribution in [2.75, 3.05) is 0 Å². The molecule has 12 aromatic rings. The van der Waals surface area contributed by atoms with Crippen LogP contribution in [0.2, 0.25) is 0 Å². The molecule has 0 bridgehead atoms. The number of pyridine rings is 3. The summed E-state index contributed by atoms with van der Waals surface area (Å²) in [6, 6.07) is 74.3. The quantitative estimate of drug-likeness (QED) is 0.158. The first kappa shape index (κ1) is 34.7. The van der Waals surface area contributed by atoms with Crippen molar-refractivity contribution in [1.82, 2.24) is 24.7 Å². The number of fused-ring (bicyclic) bond motifs is 7. The van der Waals surface area contributed by atoms with E-state index in [9.17, 15) is 0 Å². The molecule has 0 saturated carbocycles. The van der Waals surface area contributed by atoms with E-state index in [0.29, 0.717) is 0 Å². The van der Waals surface area contributed by atoms with Gasteiger partial charge in [-0.15, -0.1) is 0 Å². The highest BCUT2D eigenvalue weighted by molar-refractivity contribution is 6.17. The van der Waals surface area contributed by atoms with Crippen molar-refractivity contribution in [3.05, 3.63) is 212 Å². The van der Waals surface area contributed by atoms with Gasteiger partial charge in [-0.2, -0.15) is 5.10 Å². The van der Waals surface area contributed by atoms with Gasteiger partial charge < -0.3 is 0 Å². The Bertz CT molecular complexity index is 3620. The maximum atomic E-state index is 5.32. The van der Waals surface area contributed by atoms with Crippen LogP contribution >= 0.6 is 0 Å². The zero-order valence-corrected chi connectivity index (χ0v) is 32.9. The Morgan fingerprint density at radius 1 is 0.344 bits per heavy atom. The third-order valence-corrected chi connectivity index (χ3v) is 11.8. The minimum atomic E-state index is 0.899. The van der Waals surface area contributed by atoms with E-state index in [1.807, 2.05) is 24.3 Å². The summed E-state index contributed by atoms with van der Waals surface area (Å²) in [7, 11) is 0. The number of hydrogen-bond donors (Lipinski definition) is 0. The lowest BCUT2D eigenvalue weighted by atomic mass is 9.93. The molecule has 0 N–H and O–H groups in total. The Morgan fingerprint density at radius 2 is 0.869 bits per heavy atom. The maximum Gasteiger partial charge on any atom is 0.101 e. The summed E-state index contributed by atoms with van der Waals surface area (Å²) in [6.07, 6.45) is 0. The van der Waals surface area contributed by atoms with Crippen LogP contribution in [0.15, 0.2) is 212 Å². The second-order valence-electron chi connectivity index (χ2n) is 15.5. The largest absolute Gasteiger partial charge is 0.248 e. The lowest BCUT2D eigenvalue weighted by molar-refractivity contribution is 0.918. The highest BCUT2D eigenvalue weighted by Crippen LogP contribution is 2.42. The summed E-state index contributed by atoms with van der Waals surface area (Å²) in [5.41, 5.74) is 15.1. The monoisotopic (exact) mass is 777 g/mol. The average Bonchev–Trinajstić information content (AvgIpc) is 3.75. The third kappa shape index (κ3) is 6.02. The Balaban J connectivity index is 0.914. The maximum absolute atomic E-state index is 5.32. The van der Waals surface area contributed by atoms with E-state index < -0.39 is 0 Å². The summed E-state index contributed by atoms with van der Waals surface area (Å²) in [6.45, 7) is 0. The van der Waals surface area contributed by atoms with Gasteiger partial charge in [0, 0.05) is 49.2 Å². The van der Waals surface area contributed by atoms with Gasteiger partial charge in [0.15, 0.2) is 0 Å². The van der Waals surface area contributed by atoms with Crippen LogP contribution in [0.1, 0.15) is 0 Å². The molecule has 0 unspecified atom stereocenters. The second-order valence-corrected chi connectivity index (χ2v) is 15.5. The van der Waals surface area contributed by atoms with Crippen LogP contribution in [-0.4, -0.2) is 24.7 Å². The lowest BCUT2D eigenvalue weighted by Crippen LogP contribution is -1.96. The number of hydrogen-bond acceptors (Lipinski definition) is 4. The molecule has 0 amide bonds. The van der Waals surface area contributed by atoms with Gasteiger partial charge in [-0.3, -0.25) is 0 Å². The molecule has 4 aromatic heterocycles. The van der Waals surface area contributed by atoms with Gasteiger partial charge >= 0.3 is 0 Å². The predicted octanol–water partition coefficient (Wildman–Crippen LogP) is 14.2. The van der Waals surface area contributed by atoms with Crippen molar-refractivity contribution >= 4 is 54.4 Å². The average molecular weight is 778 g/mol. The molecular formula is C56H35N5. The minimum Gasteiger partial charge on any atom is -0.248 e. The number of rotatable bonds is 6. The zero-order chi connectivity index (χ0) is 40.3. The van der Waals surface area contributed by atoms with Crippen LogP contribution in [0, 0.1) is 0 Å². The molecule has 5 nitrogen and oxygen atoms in total.